The highest BCUT2D eigenvalue weighted by Gasteiger charge is 2.39. The van der Waals surface area contributed by atoms with Crippen LogP contribution in [-0.2, 0) is 38.2 Å². The van der Waals surface area contributed by atoms with Crippen LogP contribution in [0.3, 0.4) is 0 Å². The Morgan fingerprint density at radius 1 is 1.00 bits per heavy atom. The standard InChI is InChI=1S/C44H61N5O11/c1-27(2)38-42(56)46-39(31-13-10-14-32(51)26-31)43(57)49-21-11-15-34(47-49)44(58)60-36(28(3)12-9-18-37(53)48-22-24-59-25-23-48)17-8-6-7-16-35(52)30(5)40(54)33(41(55)45-38)20-19-29(4)50/h6-10,12-14,16,18,26-27,30,33-36,38-40,47,51-52,54H,11,15,17,19-25H2,1-5H3,(H,45,55)(H,46,56)/b8-6+,16-7+,18-9+,28-12+/t30-,33+,34?,35-,36-,38-,39?,40+/m0/s1. The van der Waals surface area contributed by atoms with Crippen molar-refractivity contribution < 1.29 is 53.6 Å². The van der Waals surface area contributed by atoms with Crippen molar-refractivity contribution in [2.75, 3.05) is 32.8 Å². The highest BCUT2D eigenvalue weighted by molar-refractivity contribution is 5.93. The zero-order valence-electron chi connectivity index (χ0n) is 35.1. The van der Waals surface area contributed by atoms with Gasteiger partial charge in [-0.15, -0.1) is 0 Å². The highest BCUT2D eigenvalue weighted by atomic mass is 16.5. The minimum absolute atomic E-state index is 0.0352. The monoisotopic (exact) mass is 835 g/mol. The van der Waals surface area contributed by atoms with Crippen LogP contribution in [0.15, 0.2) is 72.4 Å². The number of cyclic esters (lactones) is 1. The van der Waals surface area contributed by atoms with Crippen molar-refractivity contribution in [2.24, 2.45) is 17.8 Å². The topological polar surface area (TPSA) is 224 Å². The van der Waals surface area contributed by atoms with Crippen LogP contribution in [-0.4, -0.2) is 124 Å². The molecule has 0 spiro atoms. The number of hydrogen-bond donors (Lipinski definition) is 6. The summed E-state index contributed by atoms with van der Waals surface area (Å²) in [6.45, 7) is 10.2. The molecule has 4 amide bonds. The molecule has 2 unspecified atom stereocenters. The van der Waals surface area contributed by atoms with Crippen molar-refractivity contribution in [1.29, 1.82) is 0 Å². The first-order chi connectivity index (χ1) is 28.6. The largest absolute Gasteiger partial charge is 0.508 e. The lowest BCUT2D eigenvalue weighted by Gasteiger charge is -2.36. The van der Waals surface area contributed by atoms with Gasteiger partial charge in [-0.2, -0.15) is 0 Å². The molecule has 2 saturated heterocycles. The Morgan fingerprint density at radius 3 is 2.42 bits per heavy atom. The smallest absolute Gasteiger partial charge is 0.325 e. The first-order valence-electron chi connectivity index (χ1n) is 20.7. The summed E-state index contributed by atoms with van der Waals surface area (Å²) in [7, 11) is 0. The predicted molar refractivity (Wildman–Crippen MR) is 221 cm³/mol. The van der Waals surface area contributed by atoms with Gasteiger partial charge in [-0.25, -0.2) is 5.43 Å². The number of fused-ring (bicyclic) bond motifs is 2. The van der Waals surface area contributed by atoms with Gasteiger partial charge in [0.1, 0.15) is 35.8 Å². The van der Waals surface area contributed by atoms with Crippen LogP contribution >= 0.6 is 0 Å². The molecule has 0 aromatic heterocycles. The summed E-state index contributed by atoms with van der Waals surface area (Å²) in [5.41, 5.74) is 3.84. The molecule has 3 heterocycles. The van der Waals surface area contributed by atoms with Gasteiger partial charge in [0.2, 0.25) is 17.7 Å². The molecule has 6 N–H and O–H groups in total. The zero-order chi connectivity index (χ0) is 43.9. The maximum atomic E-state index is 14.3. The molecule has 0 radical (unpaired) electrons. The van der Waals surface area contributed by atoms with Crippen molar-refractivity contribution in [1.82, 2.24) is 26.0 Å². The molecule has 1 aromatic carbocycles. The number of hydrazine groups is 1. The second kappa shape index (κ2) is 23.0. The molecule has 16 nitrogen and oxygen atoms in total. The Labute approximate surface area is 351 Å². The average molecular weight is 836 g/mol. The number of Topliss-reactive ketones (excluding diaryl/α,β-unsaturated/α-hetero) is 1. The predicted octanol–water partition coefficient (Wildman–Crippen LogP) is 2.32. The van der Waals surface area contributed by atoms with E-state index in [4.69, 9.17) is 9.47 Å². The van der Waals surface area contributed by atoms with Gasteiger partial charge >= 0.3 is 5.97 Å². The molecule has 2 fully saturated rings. The van der Waals surface area contributed by atoms with E-state index in [9.17, 15) is 44.1 Å². The normalized spacial score (nSPS) is 29.5. The van der Waals surface area contributed by atoms with E-state index in [2.05, 4.69) is 16.1 Å². The van der Waals surface area contributed by atoms with Crippen molar-refractivity contribution >= 4 is 35.4 Å². The number of hydrogen-bond acceptors (Lipinski definition) is 12. The number of phenolic OH excluding ortho intramolecular Hbond substituents is 1. The zero-order valence-corrected chi connectivity index (χ0v) is 35.1. The molecule has 8 atom stereocenters. The number of ether oxygens (including phenoxy) is 2. The summed E-state index contributed by atoms with van der Waals surface area (Å²) < 4.78 is 11.4. The summed E-state index contributed by atoms with van der Waals surface area (Å²) in [5.74, 6) is -5.85. The maximum absolute atomic E-state index is 14.3. The van der Waals surface area contributed by atoms with E-state index >= 15 is 0 Å². The average Bonchev–Trinajstić information content (AvgIpc) is 3.23. The summed E-state index contributed by atoms with van der Waals surface area (Å²) in [4.78, 5) is 82.6. The number of esters is 1. The number of carbonyl (C=O) groups excluding carboxylic acids is 6. The van der Waals surface area contributed by atoms with Crippen molar-refractivity contribution in [3.8, 4) is 5.75 Å². The number of rotatable bonds is 8. The fraction of sp³-hybridized carbons (Fsp3) is 0.545. The first-order valence-corrected chi connectivity index (χ1v) is 20.7. The molecule has 3 aliphatic rings. The molecular weight excluding hydrogens is 775 g/mol. The molecular formula is C44H61N5O11. The Hall–Kier alpha value is -5.16. The molecule has 0 aliphatic carbocycles. The molecule has 328 valence electrons. The number of aliphatic hydroxyl groups excluding tert-OH is 2. The van der Waals surface area contributed by atoms with Gasteiger partial charge in [-0.3, -0.25) is 29.0 Å². The van der Waals surface area contributed by atoms with Crippen LogP contribution < -0.4 is 16.1 Å². The van der Waals surface area contributed by atoms with Crippen LogP contribution in [0.5, 0.6) is 5.75 Å². The van der Waals surface area contributed by atoms with Gasteiger partial charge < -0.3 is 45.1 Å². The Balaban J connectivity index is 1.71. The number of morpholine rings is 1. The minimum Gasteiger partial charge on any atom is -0.508 e. The van der Waals surface area contributed by atoms with Gasteiger partial charge in [0, 0.05) is 44.5 Å². The summed E-state index contributed by atoms with van der Waals surface area (Å²) >= 11 is 0. The van der Waals surface area contributed by atoms with Crippen LogP contribution in [0.4, 0.5) is 0 Å². The van der Waals surface area contributed by atoms with E-state index in [1.165, 1.54) is 42.3 Å². The molecule has 2 bridgehead atoms. The third kappa shape index (κ3) is 13.7. The highest BCUT2D eigenvalue weighted by Crippen LogP contribution is 2.26. The second-order valence-electron chi connectivity index (χ2n) is 15.9. The molecule has 0 saturated carbocycles. The number of nitrogens with one attached hydrogen (secondary N) is 3. The van der Waals surface area contributed by atoms with Gasteiger partial charge in [0.25, 0.3) is 5.91 Å². The van der Waals surface area contributed by atoms with Gasteiger partial charge in [0.05, 0.1) is 31.3 Å². The van der Waals surface area contributed by atoms with Crippen LogP contribution in [0.25, 0.3) is 0 Å². The third-order valence-corrected chi connectivity index (χ3v) is 10.9. The number of ketones is 1. The fourth-order valence-corrected chi connectivity index (χ4v) is 7.14. The van der Waals surface area contributed by atoms with Crippen molar-refractivity contribution in [3.05, 3.63) is 77.9 Å². The number of benzene rings is 1. The number of phenols is 1. The molecule has 60 heavy (non-hydrogen) atoms. The van der Waals surface area contributed by atoms with Crippen LogP contribution in [0.2, 0.25) is 0 Å². The fourth-order valence-electron chi connectivity index (χ4n) is 7.14. The Kier molecular flexibility index (Phi) is 18.2. The van der Waals surface area contributed by atoms with Gasteiger partial charge in [-0.05, 0) is 62.3 Å². The van der Waals surface area contributed by atoms with Crippen molar-refractivity contribution in [3.63, 3.8) is 0 Å². The van der Waals surface area contributed by atoms with Gasteiger partial charge in [-0.1, -0.05) is 69.4 Å². The lowest BCUT2D eigenvalue weighted by Crippen LogP contribution is -2.59. The van der Waals surface area contributed by atoms with E-state index in [1.807, 2.05) is 0 Å². The number of aliphatic hydroxyl groups is 2. The molecule has 16 heteroatoms. The quantitative estimate of drug-likeness (QED) is 0.126. The molecule has 4 rings (SSSR count). The summed E-state index contributed by atoms with van der Waals surface area (Å²) in [6.07, 6.45) is 8.52. The first kappa shape index (κ1) is 47.5. The van der Waals surface area contributed by atoms with E-state index in [0.717, 1.165) is 0 Å². The molecule has 1 aromatic rings. The van der Waals surface area contributed by atoms with E-state index in [1.54, 1.807) is 69.0 Å². The number of allylic oxidation sites excluding steroid dienone is 4. The number of amides is 4. The van der Waals surface area contributed by atoms with E-state index < -0.39 is 77.9 Å². The van der Waals surface area contributed by atoms with Crippen molar-refractivity contribution in [2.45, 2.75) is 103 Å². The number of carbonyl (C=O) groups is 6. The van der Waals surface area contributed by atoms with Gasteiger partial charge in [0.15, 0.2) is 0 Å². The summed E-state index contributed by atoms with van der Waals surface area (Å²) in [5, 5.41) is 39.6. The maximum Gasteiger partial charge on any atom is 0.325 e. The Bertz CT molecular complexity index is 1800. The number of aromatic hydroxyl groups is 1. The lowest BCUT2D eigenvalue weighted by molar-refractivity contribution is -0.156. The Morgan fingerprint density at radius 2 is 1.73 bits per heavy atom. The van der Waals surface area contributed by atoms with E-state index in [-0.39, 0.29) is 48.8 Å². The van der Waals surface area contributed by atoms with Crippen LogP contribution in [0, 0.1) is 17.8 Å². The summed E-state index contributed by atoms with van der Waals surface area (Å²) in [6, 6.07) is 2.27. The molecule has 3 aliphatic heterocycles. The minimum atomic E-state index is -1.43. The van der Waals surface area contributed by atoms with E-state index in [0.29, 0.717) is 44.7 Å². The number of nitrogens with zero attached hydrogens (tertiary/aromatic N) is 2. The third-order valence-electron chi connectivity index (χ3n) is 10.9. The SMILES string of the molecule is CC(=O)CC[C@H]1C(=O)N[C@@H](C(C)C)C(=O)NC(c2cccc(O)c2)C(=O)N2CCCC(N2)C(=O)O[C@H](/C(C)=C/C=C/C(=O)N2CCOCC2)C/C=C/C=C/[C@H](O)[C@H](C)[C@H]1O. The lowest BCUT2D eigenvalue weighted by atomic mass is 9.84. The van der Waals surface area contributed by atoms with Crippen LogP contribution in [0.1, 0.15) is 78.3 Å². The second-order valence-corrected chi connectivity index (χ2v) is 15.9.